The van der Waals surface area contributed by atoms with Crippen LogP contribution in [-0.2, 0) is 6.42 Å². The van der Waals surface area contributed by atoms with Crippen LogP contribution in [0, 0.1) is 0 Å². The molecule has 0 radical (unpaired) electrons. The van der Waals surface area contributed by atoms with Gasteiger partial charge in [0.15, 0.2) is 0 Å². The number of likely N-dealkylation sites (N-methyl/N-ethyl adjacent to an activating group) is 1. The quantitative estimate of drug-likeness (QED) is 0.807. The van der Waals surface area contributed by atoms with E-state index in [9.17, 15) is 0 Å². The molecule has 21 heavy (non-hydrogen) atoms. The lowest BCUT2D eigenvalue weighted by Crippen LogP contribution is -2.23. The van der Waals surface area contributed by atoms with E-state index < -0.39 is 0 Å². The number of nitrogens with zero attached hydrogens (tertiary/aromatic N) is 1. The molecule has 0 saturated heterocycles. The maximum Gasteiger partial charge on any atom is 0.0410 e. The predicted octanol–water partition coefficient (Wildman–Crippen LogP) is 4.86. The van der Waals surface area contributed by atoms with E-state index in [2.05, 4.69) is 77.3 Å². The molecule has 2 rings (SSSR count). The average molecular weight is 347 g/mol. The third-order valence-electron chi connectivity index (χ3n) is 3.66. The summed E-state index contributed by atoms with van der Waals surface area (Å²) in [5.41, 5.74) is 3.96. The number of hydrogen-bond donors (Lipinski definition) is 1. The third kappa shape index (κ3) is 4.65. The van der Waals surface area contributed by atoms with Gasteiger partial charge in [-0.15, -0.1) is 0 Å². The van der Waals surface area contributed by atoms with Crippen LogP contribution in [0.4, 0.5) is 0 Å². The van der Waals surface area contributed by atoms with Gasteiger partial charge in [-0.25, -0.2) is 0 Å². The lowest BCUT2D eigenvalue weighted by Gasteiger charge is -2.19. The molecule has 0 bridgehead atoms. The van der Waals surface area contributed by atoms with Crippen LogP contribution in [0.2, 0.25) is 0 Å². The van der Waals surface area contributed by atoms with Crippen LogP contribution in [0.25, 0.3) is 0 Å². The van der Waals surface area contributed by atoms with E-state index in [0.29, 0.717) is 12.0 Å². The summed E-state index contributed by atoms with van der Waals surface area (Å²) in [4.78, 5) is 4.25. The molecule has 0 aliphatic rings. The summed E-state index contributed by atoms with van der Waals surface area (Å²) in [7, 11) is 0. The Labute approximate surface area is 136 Å². The van der Waals surface area contributed by atoms with E-state index in [1.807, 2.05) is 12.4 Å². The van der Waals surface area contributed by atoms with Crippen molar-refractivity contribution in [1.82, 2.24) is 10.3 Å². The highest BCUT2D eigenvalue weighted by Gasteiger charge is 2.12. The maximum atomic E-state index is 4.25. The molecular weight excluding hydrogens is 324 g/mol. The lowest BCUT2D eigenvalue weighted by atomic mass is 9.96. The third-order valence-corrected chi connectivity index (χ3v) is 4.09. The summed E-state index contributed by atoms with van der Waals surface area (Å²) in [6.45, 7) is 7.56. The Morgan fingerprint density at radius 1 is 1.10 bits per heavy atom. The molecule has 1 atom stereocenters. The lowest BCUT2D eigenvalue weighted by molar-refractivity contribution is 0.549. The first kappa shape index (κ1) is 16.2. The van der Waals surface area contributed by atoms with Crippen LogP contribution >= 0.6 is 15.9 Å². The molecule has 3 heteroatoms. The second-order valence-electron chi connectivity index (χ2n) is 5.65. The summed E-state index contributed by atoms with van der Waals surface area (Å²) in [5, 5.41) is 3.57. The zero-order valence-electron chi connectivity index (χ0n) is 12.9. The van der Waals surface area contributed by atoms with E-state index >= 15 is 0 Å². The smallest absolute Gasteiger partial charge is 0.0410 e. The highest BCUT2D eigenvalue weighted by Crippen LogP contribution is 2.22. The molecule has 0 aliphatic carbocycles. The second-order valence-corrected chi connectivity index (χ2v) is 6.56. The molecule has 1 unspecified atom stereocenters. The largest absolute Gasteiger partial charge is 0.310 e. The standard InChI is InChI=1S/C18H23BrN2/c1-4-21-18(10-14-9-17(19)12-20-11-14)16-7-5-15(6-8-16)13(2)3/h5-9,11-13,18,21H,4,10H2,1-3H3. The molecule has 0 aliphatic heterocycles. The first-order valence-electron chi connectivity index (χ1n) is 7.52. The Morgan fingerprint density at radius 2 is 1.76 bits per heavy atom. The Morgan fingerprint density at radius 3 is 2.33 bits per heavy atom. The van der Waals surface area contributed by atoms with Gasteiger partial charge in [-0.3, -0.25) is 4.98 Å². The highest BCUT2D eigenvalue weighted by atomic mass is 79.9. The summed E-state index contributed by atoms with van der Waals surface area (Å²) in [6, 6.07) is 11.4. The Balaban J connectivity index is 2.18. The van der Waals surface area contributed by atoms with Gasteiger partial charge in [0.05, 0.1) is 0 Å². The van der Waals surface area contributed by atoms with Crippen molar-refractivity contribution in [2.24, 2.45) is 0 Å². The summed E-state index contributed by atoms with van der Waals surface area (Å²) in [6.07, 6.45) is 4.71. The van der Waals surface area contributed by atoms with Crippen molar-refractivity contribution >= 4 is 15.9 Å². The summed E-state index contributed by atoms with van der Waals surface area (Å²) < 4.78 is 1.03. The number of benzene rings is 1. The summed E-state index contributed by atoms with van der Waals surface area (Å²) >= 11 is 3.49. The number of hydrogen-bond acceptors (Lipinski definition) is 2. The molecule has 1 N–H and O–H groups in total. The van der Waals surface area contributed by atoms with Crippen LogP contribution in [-0.4, -0.2) is 11.5 Å². The molecule has 0 spiro atoms. The van der Waals surface area contributed by atoms with Gasteiger partial charge in [-0.05, 0) is 57.6 Å². The van der Waals surface area contributed by atoms with Gasteiger partial charge in [-0.1, -0.05) is 45.0 Å². The first-order chi connectivity index (χ1) is 10.1. The van der Waals surface area contributed by atoms with E-state index in [-0.39, 0.29) is 0 Å². The zero-order chi connectivity index (χ0) is 15.2. The SMILES string of the molecule is CCNC(Cc1cncc(Br)c1)c1ccc(C(C)C)cc1. The number of halogens is 1. The van der Waals surface area contributed by atoms with Crippen molar-refractivity contribution in [3.63, 3.8) is 0 Å². The minimum Gasteiger partial charge on any atom is -0.310 e. The van der Waals surface area contributed by atoms with Crippen LogP contribution in [0.1, 0.15) is 49.4 Å². The maximum absolute atomic E-state index is 4.25. The van der Waals surface area contributed by atoms with E-state index in [1.54, 1.807) is 0 Å². The molecular formula is C18H23BrN2. The summed E-state index contributed by atoms with van der Waals surface area (Å²) in [5.74, 6) is 0.575. The van der Waals surface area contributed by atoms with Gasteiger partial charge in [-0.2, -0.15) is 0 Å². The van der Waals surface area contributed by atoms with Crippen molar-refractivity contribution < 1.29 is 0 Å². The fourth-order valence-corrected chi connectivity index (χ4v) is 2.88. The zero-order valence-corrected chi connectivity index (χ0v) is 14.5. The minimum absolute atomic E-state index is 0.326. The topological polar surface area (TPSA) is 24.9 Å². The van der Waals surface area contributed by atoms with E-state index in [4.69, 9.17) is 0 Å². The minimum atomic E-state index is 0.326. The van der Waals surface area contributed by atoms with Gasteiger partial charge >= 0.3 is 0 Å². The van der Waals surface area contributed by atoms with Crippen molar-refractivity contribution in [1.29, 1.82) is 0 Å². The van der Waals surface area contributed by atoms with Gasteiger partial charge in [0, 0.05) is 22.9 Å². The molecule has 112 valence electrons. The van der Waals surface area contributed by atoms with Crippen LogP contribution < -0.4 is 5.32 Å². The molecule has 0 amide bonds. The molecule has 0 saturated carbocycles. The molecule has 2 nitrogen and oxygen atoms in total. The number of nitrogens with one attached hydrogen (secondary N) is 1. The Hall–Kier alpha value is -1.19. The molecule has 1 heterocycles. The Bertz CT molecular complexity index is 564. The predicted molar refractivity (Wildman–Crippen MR) is 92.6 cm³/mol. The molecule has 1 aromatic carbocycles. The van der Waals surface area contributed by atoms with Crippen molar-refractivity contribution in [2.75, 3.05) is 6.54 Å². The highest BCUT2D eigenvalue weighted by molar-refractivity contribution is 9.10. The van der Waals surface area contributed by atoms with Gasteiger partial charge < -0.3 is 5.32 Å². The van der Waals surface area contributed by atoms with Gasteiger partial charge in [0.25, 0.3) is 0 Å². The normalized spacial score (nSPS) is 12.6. The van der Waals surface area contributed by atoms with Crippen LogP contribution in [0.15, 0.2) is 47.2 Å². The van der Waals surface area contributed by atoms with Crippen LogP contribution in [0.5, 0.6) is 0 Å². The van der Waals surface area contributed by atoms with Crippen molar-refractivity contribution in [3.05, 3.63) is 63.9 Å². The van der Waals surface area contributed by atoms with Gasteiger partial charge in [0.2, 0.25) is 0 Å². The molecule has 2 aromatic rings. The number of pyridine rings is 1. The average Bonchev–Trinajstić information content (AvgIpc) is 2.47. The van der Waals surface area contributed by atoms with Crippen molar-refractivity contribution in [2.45, 2.75) is 39.2 Å². The second kappa shape index (κ2) is 7.71. The number of aromatic nitrogens is 1. The van der Waals surface area contributed by atoms with E-state index in [0.717, 1.165) is 17.4 Å². The van der Waals surface area contributed by atoms with Crippen LogP contribution in [0.3, 0.4) is 0 Å². The van der Waals surface area contributed by atoms with Gasteiger partial charge in [0.1, 0.15) is 0 Å². The van der Waals surface area contributed by atoms with Crippen molar-refractivity contribution in [3.8, 4) is 0 Å². The fourth-order valence-electron chi connectivity index (χ4n) is 2.47. The fraction of sp³-hybridized carbons (Fsp3) is 0.389. The molecule has 1 aromatic heterocycles. The number of rotatable bonds is 6. The Kier molecular flexibility index (Phi) is 5.95. The van der Waals surface area contributed by atoms with E-state index in [1.165, 1.54) is 16.7 Å². The molecule has 0 fully saturated rings. The monoisotopic (exact) mass is 346 g/mol. The first-order valence-corrected chi connectivity index (χ1v) is 8.32.